The van der Waals surface area contributed by atoms with E-state index in [2.05, 4.69) is 17.6 Å². The molecule has 3 N–H and O–H groups in total. The summed E-state index contributed by atoms with van der Waals surface area (Å²) in [6, 6.07) is 11.4. The number of rotatable bonds is 3. The van der Waals surface area contributed by atoms with Crippen LogP contribution in [0.1, 0.15) is 38.3 Å². The number of anilines is 2. The minimum absolute atomic E-state index is 0.150. The smallest absolute Gasteiger partial charge is 0.221 e. The van der Waals surface area contributed by atoms with Crippen LogP contribution in [0.25, 0.3) is 0 Å². The standard InChI is InChI=1S/C22H24N2O3S3/c1-13(25)23-15-5-7-19-17(11-15)22(27,21(3)28-9-4-10-29-21)18-12-16(24-14(2)26)6-8-20(18)30-19/h5-8,11-12,27H,4,9-10H2,1-3H3,(H,23,25)(H,24,26). The predicted octanol–water partition coefficient (Wildman–Crippen LogP) is 4.89. The van der Waals surface area contributed by atoms with Gasteiger partial charge in [0.2, 0.25) is 11.8 Å². The lowest BCUT2D eigenvalue weighted by atomic mass is 9.82. The molecule has 2 heterocycles. The van der Waals surface area contributed by atoms with Crippen molar-refractivity contribution in [2.75, 3.05) is 22.1 Å². The second-order valence-corrected chi connectivity index (χ2v) is 12.0. The Bertz CT molecular complexity index is 953. The molecule has 0 bridgehead atoms. The number of benzene rings is 2. The van der Waals surface area contributed by atoms with E-state index in [1.807, 2.05) is 36.4 Å². The highest BCUT2D eigenvalue weighted by molar-refractivity contribution is 8.18. The summed E-state index contributed by atoms with van der Waals surface area (Å²) in [5, 5.41) is 18.2. The fraction of sp³-hybridized carbons (Fsp3) is 0.364. The van der Waals surface area contributed by atoms with E-state index in [0.717, 1.165) is 38.8 Å². The van der Waals surface area contributed by atoms with Crippen molar-refractivity contribution in [1.82, 2.24) is 0 Å². The SMILES string of the molecule is CC(=O)Nc1ccc2c(c1)C(O)(C1(C)SCCCS1)c1cc(NC(C)=O)ccc1S2. The zero-order valence-electron chi connectivity index (χ0n) is 17.1. The molecule has 1 fully saturated rings. The third-order valence-corrected chi connectivity index (χ3v) is 9.84. The zero-order chi connectivity index (χ0) is 21.5. The molecule has 0 saturated carbocycles. The number of fused-ring (bicyclic) bond motifs is 2. The summed E-state index contributed by atoms with van der Waals surface area (Å²) in [7, 11) is 0. The number of hydrogen-bond donors (Lipinski definition) is 3. The van der Waals surface area contributed by atoms with Crippen LogP contribution in [0.2, 0.25) is 0 Å². The first-order chi connectivity index (χ1) is 14.2. The van der Waals surface area contributed by atoms with Crippen LogP contribution in [-0.2, 0) is 15.2 Å². The van der Waals surface area contributed by atoms with Gasteiger partial charge in [0.1, 0.15) is 5.60 Å². The fourth-order valence-corrected chi connectivity index (χ4v) is 8.33. The second kappa shape index (κ2) is 8.15. The summed E-state index contributed by atoms with van der Waals surface area (Å²) >= 11 is 5.13. The maximum atomic E-state index is 12.5. The lowest BCUT2D eigenvalue weighted by Crippen LogP contribution is -2.49. The van der Waals surface area contributed by atoms with Crippen LogP contribution in [0.4, 0.5) is 11.4 Å². The van der Waals surface area contributed by atoms with Crippen LogP contribution >= 0.6 is 35.3 Å². The van der Waals surface area contributed by atoms with Gasteiger partial charge in [-0.25, -0.2) is 0 Å². The number of carbonyl (C=O) groups excluding carboxylic acids is 2. The van der Waals surface area contributed by atoms with Gasteiger partial charge in [0, 0.05) is 46.1 Å². The maximum absolute atomic E-state index is 12.5. The van der Waals surface area contributed by atoms with E-state index in [1.54, 1.807) is 35.3 Å². The van der Waals surface area contributed by atoms with Gasteiger partial charge in [-0.2, -0.15) is 0 Å². The Morgan fingerprint density at radius 3 is 1.80 bits per heavy atom. The third-order valence-electron chi connectivity index (χ3n) is 5.30. The summed E-state index contributed by atoms with van der Waals surface area (Å²) in [6.07, 6.45) is 1.10. The Kier molecular flexibility index (Phi) is 5.87. The van der Waals surface area contributed by atoms with Gasteiger partial charge in [-0.15, -0.1) is 23.5 Å². The molecule has 0 aromatic heterocycles. The second-order valence-electron chi connectivity index (χ2n) is 7.59. The van der Waals surface area contributed by atoms with E-state index >= 15 is 0 Å². The van der Waals surface area contributed by atoms with Crippen molar-refractivity contribution in [3.8, 4) is 0 Å². The number of hydrogen-bond acceptors (Lipinski definition) is 6. The molecule has 158 valence electrons. The molecule has 5 nitrogen and oxygen atoms in total. The minimum atomic E-state index is -1.29. The number of amides is 2. The summed E-state index contributed by atoms with van der Waals surface area (Å²) in [5.74, 6) is 1.65. The minimum Gasteiger partial charge on any atom is -0.378 e. The molecular formula is C22H24N2O3S3. The van der Waals surface area contributed by atoms with Crippen molar-refractivity contribution in [3.63, 3.8) is 0 Å². The first-order valence-electron chi connectivity index (χ1n) is 9.75. The fourth-order valence-electron chi connectivity index (χ4n) is 3.96. The normalized spacial score (nSPS) is 18.7. The van der Waals surface area contributed by atoms with Gasteiger partial charge in [-0.05, 0) is 61.2 Å². The molecule has 1 saturated heterocycles. The van der Waals surface area contributed by atoms with Gasteiger partial charge in [0.15, 0.2) is 0 Å². The van der Waals surface area contributed by atoms with Crippen LogP contribution in [-0.4, -0.2) is 32.5 Å². The number of nitrogens with one attached hydrogen (secondary N) is 2. The first-order valence-corrected chi connectivity index (χ1v) is 12.5. The van der Waals surface area contributed by atoms with Gasteiger partial charge in [-0.1, -0.05) is 11.8 Å². The van der Waals surface area contributed by atoms with Gasteiger partial charge in [0.05, 0.1) is 4.08 Å². The number of carbonyl (C=O) groups is 2. The van der Waals surface area contributed by atoms with E-state index in [-0.39, 0.29) is 11.8 Å². The Morgan fingerprint density at radius 2 is 1.37 bits per heavy atom. The van der Waals surface area contributed by atoms with E-state index in [4.69, 9.17) is 0 Å². The third kappa shape index (κ3) is 3.75. The van der Waals surface area contributed by atoms with E-state index in [9.17, 15) is 14.7 Å². The molecule has 2 amide bonds. The summed E-state index contributed by atoms with van der Waals surface area (Å²) in [4.78, 5) is 25.2. The molecule has 0 spiro atoms. The lowest BCUT2D eigenvalue weighted by Gasteiger charge is -2.49. The van der Waals surface area contributed by atoms with Gasteiger partial charge < -0.3 is 15.7 Å². The Hall–Kier alpha value is -1.61. The van der Waals surface area contributed by atoms with Crippen LogP contribution in [0.3, 0.4) is 0 Å². The van der Waals surface area contributed by atoms with Crippen LogP contribution in [0, 0.1) is 0 Å². The number of aliphatic hydroxyl groups is 1. The number of thioether (sulfide) groups is 2. The highest BCUT2D eigenvalue weighted by atomic mass is 32.2. The molecule has 0 aliphatic carbocycles. The summed E-state index contributed by atoms with van der Waals surface area (Å²) in [6.45, 7) is 5.05. The molecule has 8 heteroatoms. The molecule has 2 aliphatic rings. The molecule has 0 atom stereocenters. The lowest BCUT2D eigenvalue weighted by molar-refractivity contribution is -0.115. The highest BCUT2D eigenvalue weighted by Crippen LogP contribution is 2.61. The molecule has 2 aliphatic heterocycles. The van der Waals surface area contributed by atoms with E-state index < -0.39 is 9.68 Å². The predicted molar refractivity (Wildman–Crippen MR) is 127 cm³/mol. The van der Waals surface area contributed by atoms with Gasteiger partial charge in [0.25, 0.3) is 0 Å². The van der Waals surface area contributed by atoms with Crippen LogP contribution < -0.4 is 10.6 Å². The monoisotopic (exact) mass is 460 g/mol. The van der Waals surface area contributed by atoms with Crippen molar-refractivity contribution >= 4 is 58.5 Å². The summed E-state index contributed by atoms with van der Waals surface area (Å²) in [5.41, 5.74) is 1.61. The first kappa shape index (κ1) is 21.6. The van der Waals surface area contributed by atoms with Crippen molar-refractivity contribution < 1.29 is 14.7 Å². The zero-order valence-corrected chi connectivity index (χ0v) is 19.5. The quantitative estimate of drug-likeness (QED) is 0.605. The van der Waals surface area contributed by atoms with Crippen molar-refractivity contribution in [2.45, 2.75) is 46.7 Å². The van der Waals surface area contributed by atoms with E-state index in [1.165, 1.54) is 13.8 Å². The average Bonchev–Trinajstić information content (AvgIpc) is 2.69. The Morgan fingerprint density at radius 1 is 0.900 bits per heavy atom. The molecule has 2 aromatic carbocycles. The Labute approximate surface area is 189 Å². The van der Waals surface area contributed by atoms with Crippen LogP contribution in [0.5, 0.6) is 0 Å². The molecule has 0 unspecified atom stereocenters. The molecule has 0 radical (unpaired) electrons. The van der Waals surface area contributed by atoms with Crippen molar-refractivity contribution in [3.05, 3.63) is 47.5 Å². The maximum Gasteiger partial charge on any atom is 0.221 e. The largest absolute Gasteiger partial charge is 0.378 e. The highest BCUT2D eigenvalue weighted by Gasteiger charge is 2.55. The molecule has 4 rings (SSSR count). The molecule has 30 heavy (non-hydrogen) atoms. The van der Waals surface area contributed by atoms with E-state index in [0.29, 0.717) is 11.4 Å². The topological polar surface area (TPSA) is 78.4 Å². The van der Waals surface area contributed by atoms with Crippen molar-refractivity contribution in [2.24, 2.45) is 0 Å². The Balaban J connectivity index is 1.93. The average molecular weight is 461 g/mol. The van der Waals surface area contributed by atoms with Gasteiger partial charge in [-0.3, -0.25) is 9.59 Å². The van der Waals surface area contributed by atoms with Gasteiger partial charge >= 0.3 is 0 Å². The summed E-state index contributed by atoms with van der Waals surface area (Å²) < 4.78 is -0.514. The molecule has 2 aromatic rings. The molecular weight excluding hydrogens is 436 g/mol. The van der Waals surface area contributed by atoms with Crippen molar-refractivity contribution in [1.29, 1.82) is 0 Å². The van der Waals surface area contributed by atoms with Crippen LogP contribution in [0.15, 0.2) is 46.2 Å².